The molecule has 23 heavy (non-hydrogen) atoms. The van der Waals surface area contributed by atoms with E-state index in [9.17, 15) is 4.79 Å². The molecule has 1 heterocycles. The van der Waals surface area contributed by atoms with Gasteiger partial charge in [0.25, 0.3) is 5.91 Å². The average Bonchev–Trinajstić information content (AvgIpc) is 2.97. The molecule has 0 aliphatic carbocycles. The predicted octanol–water partition coefficient (Wildman–Crippen LogP) is 3.67. The molecule has 122 valence electrons. The highest BCUT2D eigenvalue weighted by molar-refractivity contribution is 6.04. The number of benzene rings is 2. The molecule has 2 aromatic rings. The second-order valence-electron chi connectivity index (χ2n) is 5.45. The first-order valence-corrected chi connectivity index (χ1v) is 7.54. The SMILES string of the molecule is CCOc1ccc(NC(=O)c2ccc3c(c2)CNC3)c(C)c1.Cl. The summed E-state index contributed by atoms with van der Waals surface area (Å²) < 4.78 is 5.46. The van der Waals surface area contributed by atoms with Crippen LogP contribution in [0.3, 0.4) is 0 Å². The van der Waals surface area contributed by atoms with Gasteiger partial charge < -0.3 is 15.4 Å². The third-order valence-corrected chi connectivity index (χ3v) is 3.86. The van der Waals surface area contributed by atoms with Crippen molar-refractivity contribution in [3.8, 4) is 5.75 Å². The van der Waals surface area contributed by atoms with E-state index < -0.39 is 0 Å². The second-order valence-corrected chi connectivity index (χ2v) is 5.45. The van der Waals surface area contributed by atoms with E-state index in [4.69, 9.17) is 4.74 Å². The van der Waals surface area contributed by atoms with Gasteiger partial charge in [0.2, 0.25) is 0 Å². The first kappa shape index (κ1) is 17.3. The van der Waals surface area contributed by atoms with E-state index in [2.05, 4.69) is 10.6 Å². The minimum atomic E-state index is -0.0815. The molecule has 1 aliphatic rings. The lowest BCUT2D eigenvalue weighted by atomic mass is 10.1. The lowest BCUT2D eigenvalue weighted by Gasteiger charge is -2.11. The van der Waals surface area contributed by atoms with E-state index in [0.717, 1.165) is 30.1 Å². The monoisotopic (exact) mass is 332 g/mol. The summed E-state index contributed by atoms with van der Waals surface area (Å²) in [6.07, 6.45) is 0. The van der Waals surface area contributed by atoms with E-state index in [1.54, 1.807) is 0 Å². The topological polar surface area (TPSA) is 50.4 Å². The number of amides is 1. The number of aryl methyl sites for hydroxylation is 1. The molecule has 2 N–H and O–H groups in total. The number of fused-ring (bicyclic) bond motifs is 1. The van der Waals surface area contributed by atoms with Crippen molar-refractivity contribution in [3.05, 3.63) is 58.7 Å². The zero-order valence-corrected chi connectivity index (χ0v) is 14.1. The van der Waals surface area contributed by atoms with Crippen molar-refractivity contribution in [2.75, 3.05) is 11.9 Å². The van der Waals surface area contributed by atoms with Crippen LogP contribution < -0.4 is 15.4 Å². The Morgan fingerprint density at radius 3 is 2.70 bits per heavy atom. The predicted molar refractivity (Wildman–Crippen MR) is 94.5 cm³/mol. The molecule has 0 atom stereocenters. The molecule has 2 aromatic carbocycles. The van der Waals surface area contributed by atoms with Crippen LogP contribution in [0.2, 0.25) is 0 Å². The summed E-state index contributed by atoms with van der Waals surface area (Å²) in [6.45, 7) is 6.26. The Labute approximate surface area is 142 Å². The Bertz CT molecular complexity index is 716. The fourth-order valence-electron chi connectivity index (χ4n) is 2.66. The summed E-state index contributed by atoms with van der Waals surface area (Å²) in [4.78, 5) is 12.4. The summed E-state index contributed by atoms with van der Waals surface area (Å²) in [5.74, 6) is 0.739. The smallest absolute Gasteiger partial charge is 0.255 e. The van der Waals surface area contributed by atoms with E-state index in [1.165, 1.54) is 11.1 Å². The molecule has 0 saturated heterocycles. The van der Waals surface area contributed by atoms with Crippen molar-refractivity contribution in [1.82, 2.24) is 5.32 Å². The van der Waals surface area contributed by atoms with Crippen LogP contribution in [0.15, 0.2) is 36.4 Å². The van der Waals surface area contributed by atoms with Gasteiger partial charge in [0.15, 0.2) is 0 Å². The standard InChI is InChI=1S/C18H20N2O2.ClH/c1-3-22-16-6-7-17(12(2)8-16)20-18(21)13-4-5-14-10-19-11-15(14)9-13;/h4-9,19H,3,10-11H2,1-2H3,(H,20,21);1H. The maximum atomic E-state index is 12.4. The molecule has 5 heteroatoms. The third-order valence-electron chi connectivity index (χ3n) is 3.86. The molecule has 0 saturated carbocycles. The number of carbonyl (C=O) groups excluding carboxylic acids is 1. The fraction of sp³-hybridized carbons (Fsp3) is 0.278. The molecule has 0 aromatic heterocycles. The van der Waals surface area contributed by atoms with Gasteiger partial charge in [-0.3, -0.25) is 4.79 Å². The van der Waals surface area contributed by atoms with Crippen LogP contribution in [-0.2, 0) is 13.1 Å². The van der Waals surface area contributed by atoms with Crippen LogP contribution in [-0.4, -0.2) is 12.5 Å². The van der Waals surface area contributed by atoms with Crippen LogP contribution >= 0.6 is 12.4 Å². The second kappa shape index (κ2) is 7.49. The first-order valence-electron chi connectivity index (χ1n) is 7.54. The minimum Gasteiger partial charge on any atom is -0.494 e. The van der Waals surface area contributed by atoms with Crippen molar-refractivity contribution in [2.45, 2.75) is 26.9 Å². The number of halogens is 1. The van der Waals surface area contributed by atoms with Crippen LogP contribution in [0, 0.1) is 6.92 Å². The van der Waals surface area contributed by atoms with Gasteiger partial charge in [-0.1, -0.05) is 6.07 Å². The first-order chi connectivity index (χ1) is 10.7. The Balaban J connectivity index is 0.00000192. The highest BCUT2D eigenvalue weighted by Crippen LogP contribution is 2.23. The van der Waals surface area contributed by atoms with E-state index in [-0.39, 0.29) is 18.3 Å². The van der Waals surface area contributed by atoms with E-state index in [0.29, 0.717) is 12.2 Å². The Kier molecular flexibility index (Phi) is 5.64. The quantitative estimate of drug-likeness (QED) is 0.898. The summed E-state index contributed by atoms with van der Waals surface area (Å²) in [5, 5.41) is 6.26. The Hall–Kier alpha value is -2.04. The van der Waals surface area contributed by atoms with Gasteiger partial charge in [-0.2, -0.15) is 0 Å². The molecular formula is C18H21ClN2O2. The molecular weight excluding hydrogens is 312 g/mol. The number of rotatable bonds is 4. The maximum absolute atomic E-state index is 12.4. The summed E-state index contributed by atoms with van der Waals surface area (Å²) in [7, 11) is 0. The van der Waals surface area contributed by atoms with Gasteiger partial charge in [0, 0.05) is 24.3 Å². The minimum absolute atomic E-state index is 0. The Morgan fingerprint density at radius 1 is 1.17 bits per heavy atom. The highest BCUT2D eigenvalue weighted by atomic mass is 35.5. The maximum Gasteiger partial charge on any atom is 0.255 e. The van der Waals surface area contributed by atoms with E-state index >= 15 is 0 Å². The van der Waals surface area contributed by atoms with Crippen LogP contribution in [0.1, 0.15) is 34.0 Å². The van der Waals surface area contributed by atoms with E-state index in [1.807, 2.05) is 50.2 Å². The molecule has 0 radical (unpaired) electrons. The lowest BCUT2D eigenvalue weighted by molar-refractivity contribution is 0.102. The zero-order chi connectivity index (χ0) is 15.5. The summed E-state index contributed by atoms with van der Waals surface area (Å²) in [5.41, 5.74) is 4.97. The number of anilines is 1. The van der Waals surface area contributed by atoms with Crippen molar-refractivity contribution in [3.63, 3.8) is 0 Å². The van der Waals surface area contributed by atoms with Gasteiger partial charge in [-0.15, -0.1) is 12.4 Å². The average molecular weight is 333 g/mol. The number of hydrogen-bond acceptors (Lipinski definition) is 3. The largest absolute Gasteiger partial charge is 0.494 e. The summed E-state index contributed by atoms with van der Waals surface area (Å²) in [6, 6.07) is 11.6. The van der Waals surface area contributed by atoms with Gasteiger partial charge in [-0.25, -0.2) is 0 Å². The molecule has 0 fully saturated rings. The zero-order valence-electron chi connectivity index (χ0n) is 13.3. The van der Waals surface area contributed by atoms with Crippen LogP contribution in [0.4, 0.5) is 5.69 Å². The number of ether oxygens (including phenoxy) is 1. The lowest BCUT2D eigenvalue weighted by Crippen LogP contribution is -2.13. The molecule has 1 aliphatic heterocycles. The van der Waals surface area contributed by atoms with Gasteiger partial charge in [0.1, 0.15) is 5.75 Å². The molecule has 4 nitrogen and oxygen atoms in total. The number of carbonyl (C=O) groups is 1. The van der Waals surface area contributed by atoms with Crippen molar-refractivity contribution in [2.24, 2.45) is 0 Å². The molecule has 0 spiro atoms. The fourth-order valence-corrected chi connectivity index (χ4v) is 2.66. The highest BCUT2D eigenvalue weighted by Gasteiger charge is 2.14. The van der Waals surface area contributed by atoms with Gasteiger partial charge in [-0.05, 0) is 60.9 Å². The molecule has 3 rings (SSSR count). The van der Waals surface area contributed by atoms with Crippen molar-refractivity contribution < 1.29 is 9.53 Å². The number of hydrogen-bond donors (Lipinski definition) is 2. The third kappa shape index (κ3) is 3.84. The number of nitrogens with one attached hydrogen (secondary N) is 2. The van der Waals surface area contributed by atoms with Gasteiger partial charge in [0.05, 0.1) is 6.61 Å². The molecule has 1 amide bonds. The van der Waals surface area contributed by atoms with Crippen molar-refractivity contribution in [1.29, 1.82) is 0 Å². The normalized spacial score (nSPS) is 12.3. The van der Waals surface area contributed by atoms with Gasteiger partial charge >= 0.3 is 0 Å². The van der Waals surface area contributed by atoms with Crippen LogP contribution in [0.5, 0.6) is 5.75 Å². The molecule has 0 unspecified atom stereocenters. The Morgan fingerprint density at radius 2 is 1.96 bits per heavy atom. The van der Waals surface area contributed by atoms with Crippen LogP contribution in [0.25, 0.3) is 0 Å². The molecule has 0 bridgehead atoms. The summed E-state index contributed by atoms with van der Waals surface area (Å²) >= 11 is 0. The van der Waals surface area contributed by atoms with Crippen molar-refractivity contribution >= 4 is 24.0 Å².